The van der Waals surface area contributed by atoms with Gasteiger partial charge in [0.2, 0.25) is 0 Å². The van der Waals surface area contributed by atoms with E-state index in [1.165, 1.54) is 0 Å². The Kier molecular flexibility index (Phi) is 5.89. The number of benzene rings is 3. The Hall–Kier alpha value is -3.54. The zero-order chi connectivity index (χ0) is 19.1. The third-order valence-electron chi connectivity index (χ3n) is 4.00. The third kappa shape index (κ3) is 4.98. The third-order valence-corrected chi connectivity index (χ3v) is 4.00. The molecule has 0 aliphatic rings. The van der Waals surface area contributed by atoms with Gasteiger partial charge in [-0.2, -0.15) is 5.10 Å². The summed E-state index contributed by atoms with van der Waals surface area (Å²) in [5, 5.41) is 9.20. The van der Waals surface area contributed by atoms with Gasteiger partial charge in [0.05, 0.1) is 27.0 Å². The number of hydrogen-bond donors (Lipinski definition) is 2. The van der Waals surface area contributed by atoms with Crippen LogP contribution < -0.4 is 20.2 Å². The number of anilines is 1. The summed E-state index contributed by atoms with van der Waals surface area (Å²) >= 11 is 0. The maximum absolute atomic E-state index is 11.9. The summed E-state index contributed by atoms with van der Waals surface area (Å²) in [6.07, 6.45) is 1.62. The van der Waals surface area contributed by atoms with Gasteiger partial charge in [0.15, 0.2) is 0 Å². The molecule has 0 spiro atoms. The first-order chi connectivity index (χ1) is 13.2. The average molecular weight is 363 g/mol. The number of hydrazone groups is 1. The molecule has 0 aliphatic carbocycles. The van der Waals surface area contributed by atoms with Crippen LogP contribution in [0.25, 0.3) is 10.8 Å². The van der Waals surface area contributed by atoms with E-state index in [9.17, 15) is 4.79 Å². The molecular weight excluding hydrogens is 342 g/mol. The maximum atomic E-state index is 11.9. The van der Waals surface area contributed by atoms with Crippen LogP contribution in [-0.4, -0.2) is 32.9 Å². The van der Waals surface area contributed by atoms with E-state index in [-0.39, 0.29) is 12.5 Å². The summed E-state index contributed by atoms with van der Waals surface area (Å²) in [6, 6.07) is 19.2. The normalized spacial score (nSPS) is 10.7. The molecule has 27 heavy (non-hydrogen) atoms. The van der Waals surface area contributed by atoms with Gasteiger partial charge in [0, 0.05) is 11.8 Å². The lowest BCUT2D eigenvalue weighted by Gasteiger charge is -2.07. The number of methoxy groups -OCH3 is 2. The van der Waals surface area contributed by atoms with Crippen LogP contribution in [0.3, 0.4) is 0 Å². The summed E-state index contributed by atoms with van der Waals surface area (Å²) in [7, 11) is 3.25. The number of hydrogen-bond acceptors (Lipinski definition) is 5. The second kappa shape index (κ2) is 8.71. The molecule has 3 rings (SSSR count). The Morgan fingerprint density at radius 2 is 1.70 bits per heavy atom. The fourth-order valence-electron chi connectivity index (χ4n) is 2.58. The monoisotopic (exact) mass is 363 g/mol. The zero-order valence-corrected chi connectivity index (χ0v) is 15.2. The Balaban J connectivity index is 1.54. The second-order valence-electron chi connectivity index (χ2n) is 5.85. The zero-order valence-electron chi connectivity index (χ0n) is 15.2. The molecule has 0 atom stereocenters. The van der Waals surface area contributed by atoms with Crippen molar-refractivity contribution in [3.05, 3.63) is 66.2 Å². The number of ether oxygens (including phenoxy) is 2. The highest BCUT2D eigenvalue weighted by Crippen LogP contribution is 2.21. The molecule has 0 saturated heterocycles. The minimum atomic E-state index is -0.236. The summed E-state index contributed by atoms with van der Waals surface area (Å²) in [5.74, 6) is 1.31. The molecule has 138 valence electrons. The largest absolute Gasteiger partial charge is 0.497 e. The van der Waals surface area contributed by atoms with Crippen molar-refractivity contribution in [1.29, 1.82) is 0 Å². The van der Waals surface area contributed by atoms with Gasteiger partial charge in [0.1, 0.15) is 11.5 Å². The summed E-state index contributed by atoms with van der Waals surface area (Å²) in [4.78, 5) is 11.9. The van der Waals surface area contributed by atoms with E-state index in [1.54, 1.807) is 20.4 Å². The van der Waals surface area contributed by atoms with Crippen molar-refractivity contribution in [2.24, 2.45) is 5.10 Å². The average Bonchev–Trinajstić information content (AvgIpc) is 2.72. The molecule has 2 N–H and O–H groups in total. The van der Waals surface area contributed by atoms with Gasteiger partial charge in [-0.25, -0.2) is 5.43 Å². The van der Waals surface area contributed by atoms with E-state index in [4.69, 9.17) is 9.47 Å². The molecule has 0 bridgehead atoms. The van der Waals surface area contributed by atoms with Gasteiger partial charge in [-0.15, -0.1) is 0 Å². The van der Waals surface area contributed by atoms with Crippen molar-refractivity contribution in [3.63, 3.8) is 0 Å². The molecule has 3 aromatic rings. The SMILES string of the molecule is COc1cccc(NCC(=O)N/N=C\c2ccc3cc(OC)ccc3c2)c1. The van der Waals surface area contributed by atoms with Crippen molar-refractivity contribution in [1.82, 2.24) is 5.43 Å². The highest BCUT2D eigenvalue weighted by molar-refractivity contribution is 5.91. The van der Waals surface area contributed by atoms with E-state index in [2.05, 4.69) is 15.8 Å². The molecule has 0 aliphatic heterocycles. The van der Waals surface area contributed by atoms with Crippen LogP contribution in [-0.2, 0) is 4.79 Å². The smallest absolute Gasteiger partial charge is 0.259 e. The van der Waals surface area contributed by atoms with Crippen molar-refractivity contribution < 1.29 is 14.3 Å². The van der Waals surface area contributed by atoms with Gasteiger partial charge in [-0.3, -0.25) is 4.79 Å². The van der Waals surface area contributed by atoms with Crippen molar-refractivity contribution in [2.45, 2.75) is 0 Å². The summed E-state index contributed by atoms with van der Waals surface area (Å²) in [5.41, 5.74) is 4.21. The van der Waals surface area contributed by atoms with E-state index in [0.29, 0.717) is 0 Å². The van der Waals surface area contributed by atoms with Crippen LogP contribution in [0.5, 0.6) is 11.5 Å². The molecule has 6 heteroatoms. The minimum absolute atomic E-state index is 0.113. The Morgan fingerprint density at radius 3 is 2.52 bits per heavy atom. The highest BCUT2D eigenvalue weighted by Gasteiger charge is 2.01. The molecule has 0 radical (unpaired) electrons. The number of nitrogens with one attached hydrogen (secondary N) is 2. The van der Waals surface area contributed by atoms with Gasteiger partial charge >= 0.3 is 0 Å². The van der Waals surface area contributed by atoms with E-state index in [1.807, 2.05) is 60.7 Å². The van der Waals surface area contributed by atoms with Gasteiger partial charge in [-0.05, 0) is 46.7 Å². The van der Waals surface area contributed by atoms with Gasteiger partial charge < -0.3 is 14.8 Å². The first kappa shape index (κ1) is 18.3. The lowest BCUT2D eigenvalue weighted by Crippen LogP contribution is -2.25. The Labute approximate surface area is 157 Å². The van der Waals surface area contributed by atoms with Crippen LogP contribution in [0.1, 0.15) is 5.56 Å². The van der Waals surface area contributed by atoms with Crippen LogP contribution in [0.2, 0.25) is 0 Å². The number of carbonyl (C=O) groups excluding carboxylic acids is 1. The van der Waals surface area contributed by atoms with Crippen molar-refractivity contribution >= 4 is 28.6 Å². The lowest BCUT2D eigenvalue weighted by molar-refractivity contribution is -0.119. The minimum Gasteiger partial charge on any atom is -0.497 e. The molecule has 6 nitrogen and oxygen atoms in total. The van der Waals surface area contributed by atoms with Crippen LogP contribution in [0.15, 0.2) is 65.8 Å². The summed E-state index contributed by atoms with van der Waals surface area (Å²) in [6.45, 7) is 0.113. The standard InChI is InChI=1S/C21H21N3O3/c1-26-19-5-3-4-18(12-19)22-14-21(25)24-23-13-15-6-7-17-11-20(27-2)9-8-16(17)10-15/h3-13,22H,14H2,1-2H3,(H,24,25)/b23-13-. The van der Waals surface area contributed by atoms with Gasteiger partial charge in [0.25, 0.3) is 5.91 Å². The van der Waals surface area contributed by atoms with Crippen molar-refractivity contribution in [2.75, 3.05) is 26.1 Å². The van der Waals surface area contributed by atoms with Crippen LogP contribution >= 0.6 is 0 Å². The Morgan fingerprint density at radius 1 is 0.963 bits per heavy atom. The van der Waals surface area contributed by atoms with Crippen LogP contribution in [0.4, 0.5) is 5.69 Å². The summed E-state index contributed by atoms with van der Waals surface area (Å²) < 4.78 is 10.4. The highest BCUT2D eigenvalue weighted by atomic mass is 16.5. The molecule has 0 unspecified atom stereocenters. The van der Waals surface area contributed by atoms with Crippen molar-refractivity contribution in [3.8, 4) is 11.5 Å². The number of amides is 1. The molecule has 3 aromatic carbocycles. The predicted octanol–water partition coefficient (Wildman–Crippen LogP) is 3.42. The topological polar surface area (TPSA) is 72.0 Å². The maximum Gasteiger partial charge on any atom is 0.259 e. The predicted molar refractivity (Wildman–Crippen MR) is 108 cm³/mol. The van der Waals surface area contributed by atoms with E-state index < -0.39 is 0 Å². The quantitative estimate of drug-likeness (QED) is 0.498. The first-order valence-corrected chi connectivity index (χ1v) is 8.45. The lowest BCUT2D eigenvalue weighted by atomic mass is 10.1. The van der Waals surface area contributed by atoms with Crippen LogP contribution in [0, 0.1) is 0 Å². The molecule has 1 amide bonds. The molecule has 0 heterocycles. The van der Waals surface area contributed by atoms with Gasteiger partial charge in [-0.1, -0.05) is 24.3 Å². The fraction of sp³-hybridized carbons (Fsp3) is 0.143. The molecule has 0 saturated carbocycles. The Bertz CT molecular complexity index is 970. The fourth-order valence-corrected chi connectivity index (χ4v) is 2.58. The number of rotatable bonds is 7. The first-order valence-electron chi connectivity index (χ1n) is 8.45. The number of fused-ring (bicyclic) bond motifs is 1. The van der Waals surface area contributed by atoms with E-state index in [0.717, 1.165) is 33.5 Å². The molecule has 0 fully saturated rings. The molecular formula is C21H21N3O3. The molecule has 0 aromatic heterocycles. The second-order valence-corrected chi connectivity index (χ2v) is 5.85. The number of carbonyl (C=O) groups is 1. The number of nitrogens with zero attached hydrogens (tertiary/aromatic N) is 1. The van der Waals surface area contributed by atoms with E-state index >= 15 is 0 Å².